The topological polar surface area (TPSA) is 42.0 Å². The zero-order valence-corrected chi connectivity index (χ0v) is 11.2. The normalized spacial score (nSPS) is 10.7. The third-order valence-corrected chi connectivity index (χ3v) is 2.62. The van der Waals surface area contributed by atoms with Crippen LogP contribution in [0.25, 0.3) is 0 Å². The zero-order valence-electron chi connectivity index (χ0n) is 8.84. The summed E-state index contributed by atoms with van der Waals surface area (Å²) in [6.07, 6.45) is 6.29. The van der Waals surface area contributed by atoms with Crippen LogP contribution in [0.15, 0.2) is 28.9 Å². The van der Waals surface area contributed by atoms with E-state index in [2.05, 4.69) is 26.2 Å². The largest absolute Gasteiger partial charge is 0.352 e. The molecule has 0 spiro atoms. The van der Waals surface area contributed by atoms with Gasteiger partial charge >= 0.3 is 0 Å². The lowest BCUT2D eigenvalue weighted by atomic mass is 10.2. The number of carbonyl (C=O) groups is 1. The van der Waals surface area contributed by atoms with E-state index < -0.39 is 0 Å². The quantitative estimate of drug-likeness (QED) is 0.527. The molecule has 1 N–H and O–H groups in total. The molecular formula is C11H12BrClN2O. The van der Waals surface area contributed by atoms with Crippen molar-refractivity contribution in [3.63, 3.8) is 0 Å². The average Bonchev–Trinajstić information content (AvgIpc) is 2.27. The van der Waals surface area contributed by atoms with E-state index in [1.165, 1.54) is 0 Å². The molecule has 0 aliphatic carbocycles. The van der Waals surface area contributed by atoms with Crippen molar-refractivity contribution in [1.82, 2.24) is 10.3 Å². The molecule has 1 aromatic heterocycles. The van der Waals surface area contributed by atoms with Gasteiger partial charge in [0.2, 0.25) is 0 Å². The van der Waals surface area contributed by atoms with Crippen LogP contribution >= 0.6 is 27.5 Å². The van der Waals surface area contributed by atoms with Crippen LogP contribution in [-0.2, 0) is 0 Å². The van der Waals surface area contributed by atoms with Gasteiger partial charge in [-0.15, -0.1) is 0 Å². The molecular weight excluding hydrogens is 291 g/mol. The van der Waals surface area contributed by atoms with Gasteiger partial charge in [0.25, 0.3) is 5.91 Å². The van der Waals surface area contributed by atoms with E-state index in [0.717, 1.165) is 10.9 Å². The molecule has 0 aromatic carbocycles. The summed E-state index contributed by atoms with van der Waals surface area (Å²) in [6.45, 7) is 2.53. The van der Waals surface area contributed by atoms with Crippen molar-refractivity contribution in [3.05, 3.63) is 39.6 Å². The lowest BCUT2D eigenvalue weighted by Gasteiger charge is -2.05. The number of aromatic nitrogens is 1. The van der Waals surface area contributed by atoms with Gasteiger partial charge in [0.05, 0.1) is 5.56 Å². The Morgan fingerprint density at radius 1 is 1.69 bits per heavy atom. The van der Waals surface area contributed by atoms with Crippen molar-refractivity contribution in [3.8, 4) is 0 Å². The molecule has 3 nitrogen and oxygen atoms in total. The van der Waals surface area contributed by atoms with Gasteiger partial charge in [0.15, 0.2) is 0 Å². The highest BCUT2D eigenvalue weighted by Gasteiger charge is 2.10. The second-order valence-corrected chi connectivity index (χ2v) is 4.38. The van der Waals surface area contributed by atoms with Crippen molar-refractivity contribution in [2.75, 3.05) is 6.54 Å². The lowest BCUT2D eigenvalue weighted by Crippen LogP contribution is -2.24. The SMILES string of the molecule is C/C=C/CCNC(=O)c1cc(Br)cnc1Cl. The number of allylic oxidation sites excluding steroid dienone is 1. The van der Waals surface area contributed by atoms with E-state index >= 15 is 0 Å². The van der Waals surface area contributed by atoms with Crippen molar-refractivity contribution in [2.24, 2.45) is 0 Å². The Morgan fingerprint density at radius 2 is 2.44 bits per heavy atom. The molecule has 0 radical (unpaired) electrons. The van der Waals surface area contributed by atoms with Gasteiger partial charge in [0, 0.05) is 17.2 Å². The van der Waals surface area contributed by atoms with Crippen molar-refractivity contribution < 1.29 is 4.79 Å². The molecule has 0 fully saturated rings. The molecule has 0 bridgehead atoms. The van der Waals surface area contributed by atoms with Gasteiger partial charge in [0.1, 0.15) is 5.15 Å². The molecule has 16 heavy (non-hydrogen) atoms. The summed E-state index contributed by atoms with van der Waals surface area (Å²) >= 11 is 9.07. The molecule has 0 atom stereocenters. The molecule has 1 aromatic rings. The predicted octanol–water partition coefficient (Wildman–Crippen LogP) is 3.19. The van der Waals surface area contributed by atoms with Gasteiger partial charge in [-0.3, -0.25) is 4.79 Å². The molecule has 1 heterocycles. The molecule has 0 unspecified atom stereocenters. The summed E-state index contributed by atoms with van der Waals surface area (Å²) in [7, 11) is 0. The molecule has 86 valence electrons. The van der Waals surface area contributed by atoms with Crippen molar-refractivity contribution >= 4 is 33.4 Å². The third-order valence-electron chi connectivity index (χ3n) is 1.88. The first-order valence-electron chi connectivity index (χ1n) is 4.85. The highest BCUT2D eigenvalue weighted by atomic mass is 79.9. The van der Waals surface area contributed by atoms with Crippen LogP contribution < -0.4 is 5.32 Å². The minimum atomic E-state index is -0.205. The number of halogens is 2. The minimum absolute atomic E-state index is 0.205. The van der Waals surface area contributed by atoms with Gasteiger partial charge in [-0.05, 0) is 35.3 Å². The van der Waals surface area contributed by atoms with Crippen LogP contribution in [0.5, 0.6) is 0 Å². The van der Waals surface area contributed by atoms with E-state index in [1.54, 1.807) is 12.3 Å². The van der Waals surface area contributed by atoms with E-state index in [-0.39, 0.29) is 11.1 Å². The first-order valence-corrected chi connectivity index (χ1v) is 6.02. The molecule has 1 amide bonds. The summed E-state index contributed by atoms with van der Waals surface area (Å²) in [4.78, 5) is 15.6. The van der Waals surface area contributed by atoms with E-state index in [1.807, 2.05) is 19.1 Å². The monoisotopic (exact) mass is 302 g/mol. The number of carbonyl (C=O) groups excluding carboxylic acids is 1. The Balaban J connectivity index is 2.62. The second kappa shape index (κ2) is 6.66. The maximum Gasteiger partial charge on any atom is 0.254 e. The van der Waals surface area contributed by atoms with Crippen molar-refractivity contribution in [1.29, 1.82) is 0 Å². The minimum Gasteiger partial charge on any atom is -0.352 e. The zero-order chi connectivity index (χ0) is 12.0. The first kappa shape index (κ1) is 13.2. The smallest absolute Gasteiger partial charge is 0.254 e. The van der Waals surface area contributed by atoms with Crippen LogP contribution in [0.2, 0.25) is 5.15 Å². The standard InChI is InChI=1S/C11H12BrClN2O/c1-2-3-4-5-14-11(16)9-6-8(12)7-15-10(9)13/h2-3,6-7H,4-5H2,1H3,(H,14,16)/b3-2+. The van der Waals surface area contributed by atoms with Crippen LogP contribution in [0.3, 0.4) is 0 Å². The van der Waals surface area contributed by atoms with Gasteiger partial charge in [-0.25, -0.2) is 4.98 Å². The first-order chi connectivity index (χ1) is 7.65. The average molecular weight is 304 g/mol. The Bertz CT molecular complexity index is 407. The number of amides is 1. The number of nitrogens with zero attached hydrogens (tertiary/aromatic N) is 1. The number of hydrogen-bond donors (Lipinski definition) is 1. The Labute approximate surface area is 108 Å². The fraction of sp³-hybridized carbons (Fsp3) is 0.273. The molecule has 0 aliphatic rings. The maximum absolute atomic E-state index is 11.7. The van der Waals surface area contributed by atoms with E-state index in [9.17, 15) is 4.79 Å². The molecule has 5 heteroatoms. The summed E-state index contributed by atoms with van der Waals surface area (Å²) < 4.78 is 0.732. The number of pyridine rings is 1. The number of hydrogen-bond acceptors (Lipinski definition) is 2. The Kier molecular flexibility index (Phi) is 5.49. The summed E-state index contributed by atoms with van der Waals surface area (Å²) in [6, 6.07) is 1.65. The van der Waals surface area contributed by atoms with Gasteiger partial charge < -0.3 is 5.32 Å². The predicted molar refractivity (Wildman–Crippen MR) is 68.7 cm³/mol. The van der Waals surface area contributed by atoms with Crippen LogP contribution in [-0.4, -0.2) is 17.4 Å². The van der Waals surface area contributed by atoms with Gasteiger partial charge in [-0.1, -0.05) is 23.8 Å². The molecule has 1 rings (SSSR count). The Hall–Kier alpha value is -0.870. The highest BCUT2D eigenvalue weighted by molar-refractivity contribution is 9.10. The molecule has 0 saturated heterocycles. The lowest BCUT2D eigenvalue weighted by molar-refractivity contribution is 0.0954. The fourth-order valence-corrected chi connectivity index (χ4v) is 1.63. The third kappa shape index (κ3) is 3.94. The fourth-order valence-electron chi connectivity index (χ4n) is 1.11. The van der Waals surface area contributed by atoms with Crippen LogP contribution in [0.1, 0.15) is 23.7 Å². The van der Waals surface area contributed by atoms with E-state index in [4.69, 9.17) is 11.6 Å². The van der Waals surface area contributed by atoms with Crippen LogP contribution in [0.4, 0.5) is 0 Å². The summed E-state index contributed by atoms with van der Waals surface area (Å²) in [5.74, 6) is -0.205. The van der Waals surface area contributed by atoms with E-state index in [0.29, 0.717) is 12.1 Å². The number of rotatable bonds is 4. The van der Waals surface area contributed by atoms with Crippen LogP contribution in [0, 0.1) is 0 Å². The van der Waals surface area contributed by atoms with Crippen molar-refractivity contribution in [2.45, 2.75) is 13.3 Å². The highest BCUT2D eigenvalue weighted by Crippen LogP contribution is 2.17. The summed E-state index contributed by atoms with van der Waals surface area (Å²) in [5, 5.41) is 2.98. The molecule has 0 aliphatic heterocycles. The van der Waals surface area contributed by atoms with Gasteiger partial charge in [-0.2, -0.15) is 0 Å². The Morgan fingerprint density at radius 3 is 3.12 bits per heavy atom. The second-order valence-electron chi connectivity index (χ2n) is 3.11. The molecule has 0 saturated carbocycles. The maximum atomic E-state index is 11.7. The number of nitrogens with one attached hydrogen (secondary N) is 1. The summed E-state index contributed by atoms with van der Waals surface area (Å²) in [5.41, 5.74) is 0.386.